The minimum Gasteiger partial charge on any atom is -0.312 e. The first-order valence-electron chi connectivity index (χ1n) is 8.63. The molecule has 0 radical (unpaired) electrons. The Morgan fingerprint density at radius 3 is 2.86 bits per heavy atom. The first-order valence-corrected chi connectivity index (χ1v) is 9.61. The third-order valence-corrected chi connectivity index (χ3v) is 6.31. The molecule has 2 bridgehead atoms. The van der Waals surface area contributed by atoms with Gasteiger partial charge in [0.25, 0.3) is 0 Å². The van der Waals surface area contributed by atoms with E-state index in [4.69, 9.17) is 0 Å². The molecule has 3 atom stereocenters. The molecule has 1 aromatic rings. The van der Waals surface area contributed by atoms with E-state index in [1.54, 1.807) is 0 Å². The molecule has 2 saturated carbocycles. The largest absolute Gasteiger partial charge is 0.312 e. The number of thioether (sulfide) groups is 1. The lowest BCUT2D eigenvalue weighted by molar-refractivity contribution is 0.365. The van der Waals surface area contributed by atoms with E-state index in [1.807, 2.05) is 0 Å². The lowest BCUT2D eigenvalue weighted by Crippen LogP contribution is -2.18. The second-order valence-electron chi connectivity index (χ2n) is 7.42. The summed E-state index contributed by atoms with van der Waals surface area (Å²) in [5.74, 6) is 5.19. The van der Waals surface area contributed by atoms with Crippen LogP contribution in [0.2, 0.25) is 0 Å². The first-order chi connectivity index (χ1) is 10.2. The van der Waals surface area contributed by atoms with Crippen molar-refractivity contribution < 1.29 is 0 Å². The van der Waals surface area contributed by atoms with Gasteiger partial charge in [0.15, 0.2) is 0 Å². The molecule has 0 heterocycles. The van der Waals surface area contributed by atoms with Crippen LogP contribution in [0.1, 0.15) is 45.1 Å². The van der Waals surface area contributed by atoms with Crippen LogP contribution in [-0.4, -0.2) is 12.3 Å². The number of rotatable bonds is 7. The maximum absolute atomic E-state index is 3.54. The topological polar surface area (TPSA) is 12.0 Å². The number of nitrogens with one attached hydrogen (secondary N) is 1. The normalized spacial score (nSPS) is 27.7. The highest BCUT2D eigenvalue weighted by atomic mass is 32.2. The second-order valence-corrected chi connectivity index (χ2v) is 8.51. The van der Waals surface area contributed by atoms with Gasteiger partial charge in [0.1, 0.15) is 0 Å². The quantitative estimate of drug-likeness (QED) is 0.714. The number of hydrogen-bond donors (Lipinski definition) is 1. The van der Waals surface area contributed by atoms with Crippen LogP contribution in [0.4, 0.5) is 0 Å². The van der Waals surface area contributed by atoms with Crippen LogP contribution in [0.15, 0.2) is 29.2 Å². The maximum Gasteiger partial charge on any atom is 0.0206 e. The summed E-state index contributed by atoms with van der Waals surface area (Å²) in [5.41, 5.74) is 1.42. The zero-order chi connectivity index (χ0) is 14.7. The molecule has 2 heteroatoms. The molecule has 2 aliphatic rings. The van der Waals surface area contributed by atoms with Crippen LogP contribution >= 0.6 is 11.8 Å². The fourth-order valence-electron chi connectivity index (χ4n) is 4.03. The van der Waals surface area contributed by atoms with Gasteiger partial charge < -0.3 is 5.32 Å². The monoisotopic (exact) mass is 303 g/mol. The van der Waals surface area contributed by atoms with Gasteiger partial charge in [0, 0.05) is 17.2 Å². The van der Waals surface area contributed by atoms with E-state index < -0.39 is 0 Å². The van der Waals surface area contributed by atoms with Gasteiger partial charge in [-0.2, -0.15) is 0 Å². The van der Waals surface area contributed by atoms with Crippen LogP contribution in [0.5, 0.6) is 0 Å². The molecule has 0 amide bonds. The Bertz CT molecular complexity index is 457. The van der Waals surface area contributed by atoms with Crippen molar-refractivity contribution >= 4 is 11.8 Å². The lowest BCUT2D eigenvalue weighted by Gasteiger charge is -2.21. The third kappa shape index (κ3) is 4.26. The fraction of sp³-hybridized carbons (Fsp3) is 0.684. The minimum atomic E-state index is 0.723. The van der Waals surface area contributed by atoms with Crippen molar-refractivity contribution in [2.45, 2.75) is 51.0 Å². The maximum atomic E-state index is 3.54. The summed E-state index contributed by atoms with van der Waals surface area (Å²) in [6.45, 7) is 6.62. The fourth-order valence-corrected chi connectivity index (χ4v) is 5.26. The zero-order valence-electron chi connectivity index (χ0n) is 13.5. The standard InChI is InChI=1S/C19H29NS/c1-14(2)11-20-12-16-4-3-5-19(10-16)21-13-18-9-15-6-7-17(18)8-15/h3-5,10,14-15,17-18,20H,6-9,11-13H2,1-2H3. The molecule has 0 saturated heterocycles. The molecule has 1 nitrogen and oxygen atoms in total. The van der Waals surface area contributed by atoms with Crippen LogP contribution in [0, 0.1) is 23.7 Å². The summed E-state index contributed by atoms with van der Waals surface area (Å²) >= 11 is 2.08. The van der Waals surface area contributed by atoms with Gasteiger partial charge in [-0.1, -0.05) is 32.4 Å². The molecule has 1 aromatic carbocycles. The Balaban J connectivity index is 1.47. The van der Waals surface area contributed by atoms with Crippen molar-refractivity contribution in [1.29, 1.82) is 0 Å². The average molecular weight is 304 g/mol. The molecule has 21 heavy (non-hydrogen) atoms. The highest BCUT2D eigenvalue weighted by molar-refractivity contribution is 7.99. The Hall–Kier alpha value is -0.470. The second kappa shape index (κ2) is 7.19. The van der Waals surface area contributed by atoms with Gasteiger partial charge in [0.05, 0.1) is 0 Å². The molecule has 3 unspecified atom stereocenters. The van der Waals surface area contributed by atoms with Crippen molar-refractivity contribution in [3.05, 3.63) is 29.8 Å². The predicted octanol–water partition coefficient (Wildman–Crippen LogP) is 4.96. The summed E-state index contributed by atoms with van der Waals surface area (Å²) in [6.07, 6.45) is 6.07. The molecular weight excluding hydrogens is 274 g/mol. The van der Waals surface area contributed by atoms with Gasteiger partial charge in [-0.05, 0) is 67.2 Å². The van der Waals surface area contributed by atoms with Crippen LogP contribution < -0.4 is 5.32 Å². The molecule has 2 fully saturated rings. The van der Waals surface area contributed by atoms with Crippen molar-refractivity contribution in [1.82, 2.24) is 5.32 Å². The lowest BCUT2D eigenvalue weighted by atomic mass is 9.90. The summed E-state index contributed by atoms with van der Waals surface area (Å²) < 4.78 is 0. The van der Waals surface area contributed by atoms with Gasteiger partial charge in [0.2, 0.25) is 0 Å². The van der Waals surface area contributed by atoms with Crippen LogP contribution in [0.25, 0.3) is 0 Å². The van der Waals surface area contributed by atoms with E-state index >= 15 is 0 Å². The van der Waals surface area contributed by atoms with Crippen LogP contribution in [0.3, 0.4) is 0 Å². The number of fused-ring (bicyclic) bond motifs is 2. The Morgan fingerprint density at radius 2 is 2.14 bits per heavy atom. The highest BCUT2D eigenvalue weighted by Gasteiger charge is 2.39. The predicted molar refractivity (Wildman–Crippen MR) is 92.6 cm³/mol. The van der Waals surface area contributed by atoms with Gasteiger partial charge in [-0.25, -0.2) is 0 Å². The van der Waals surface area contributed by atoms with Crippen molar-refractivity contribution in [3.63, 3.8) is 0 Å². The first kappa shape index (κ1) is 15.4. The SMILES string of the molecule is CC(C)CNCc1cccc(SCC2CC3CCC2C3)c1. The number of benzene rings is 1. The van der Waals surface area contributed by atoms with Crippen molar-refractivity contribution in [2.24, 2.45) is 23.7 Å². The van der Waals surface area contributed by atoms with E-state index in [2.05, 4.69) is 55.2 Å². The summed E-state index contributed by atoms with van der Waals surface area (Å²) in [5, 5.41) is 3.54. The molecule has 0 aromatic heterocycles. The molecule has 116 valence electrons. The summed E-state index contributed by atoms with van der Waals surface area (Å²) in [6, 6.07) is 9.12. The average Bonchev–Trinajstić information content (AvgIpc) is 3.08. The third-order valence-electron chi connectivity index (χ3n) is 5.13. The van der Waals surface area contributed by atoms with Gasteiger partial charge in [-0.3, -0.25) is 0 Å². The Kier molecular flexibility index (Phi) is 5.29. The molecule has 3 rings (SSSR count). The summed E-state index contributed by atoms with van der Waals surface area (Å²) in [4.78, 5) is 1.46. The molecular formula is C19H29NS. The van der Waals surface area contributed by atoms with Gasteiger partial charge in [-0.15, -0.1) is 11.8 Å². The van der Waals surface area contributed by atoms with E-state index in [9.17, 15) is 0 Å². The van der Waals surface area contributed by atoms with Crippen molar-refractivity contribution in [2.75, 3.05) is 12.3 Å². The van der Waals surface area contributed by atoms with Gasteiger partial charge >= 0.3 is 0 Å². The van der Waals surface area contributed by atoms with E-state index in [-0.39, 0.29) is 0 Å². The molecule has 1 N–H and O–H groups in total. The van der Waals surface area contributed by atoms with Crippen molar-refractivity contribution in [3.8, 4) is 0 Å². The highest BCUT2D eigenvalue weighted by Crippen LogP contribution is 2.49. The summed E-state index contributed by atoms with van der Waals surface area (Å²) in [7, 11) is 0. The molecule has 0 aliphatic heterocycles. The zero-order valence-corrected chi connectivity index (χ0v) is 14.3. The van der Waals surface area contributed by atoms with E-state index in [1.165, 1.54) is 41.9 Å². The molecule has 0 spiro atoms. The Labute approximate surface area is 134 Å². The molecule has 2 aliphatic carbocycles. The Morgan fingerprint density at radius 1 is 1.24 bits per heavy atom. The van der Waals surface area contributed by atoms with E-state index in [0.29, 0.717) is 0 Å². The smallest absolute Gasteiger partial charge is 0.0206 e. The van der Waals surface area contributed by atoms with E-state index in [0.717, 1.165) is 36.8 Å². The number of hydrogen-bond acceptors (Lipinski definition) is 2. The van der Waals surface area contributed by atoms with Crippen LogP contribution in [-0.2, 0) is 6.54 Å². The minimum absolute atomic E-state index is 0.723.